The average Bonchev–Trinajstić information content (AvgIpc) is 2.74. The topological polar surface area (TPSA) is 35.5 Å². The maximum Gasteiger partial charge on any atom is 0.0446 e. The Morgan fingerprint density at radius 3 is 2.75 bits per heavy atom. The first-order chi connectivity index (χ1) is 9.41. The van der Waals surface area contributed by atoms with E-state index in [1.54, 1.807) is 0 Å². The first kappa shape index (κ1) is 15.3. The average molecular weight is 276 g/mol. The Balaban J connectivity index is 2.00. The van der Waals surface area contributed by atoms with Gasteiger partial charge in [-0.3, -0.25) is 0 Å². The van der Waals surface area contributed by atoms with Gasteiger partial charge in [0, 0.05) is 38.5 Å². The lowest BCUT2D eigenvalue weighted by molar-refractivity contribution is 0.196. The van der Waals surface area contributed by atoms with Crippen LogP contribution in [0.25, 0.3) is 0 Å². The van der Waals surface area contributed by atoms with Crippen molar-refractivity contribution in [2.75, 3.05) is 25.1 Å². The van der Waals surface area contributed by atoms with E-state index in [0.29, 0.717) is 6.04 Å². The fourth-order valence-corrected chi connectivity index (χ4v) is 2.94. The zero-order chi connectivity index (χ0) is 14.8. The van der Waals surface area contributed by atoms with Crippen LogP contribution >= 0.6 is 0 Å². The maximum atomic E-state index is 9.21. The third kappa shape index (κ3) is 3.53. The van der Waals surface area contributed by atoms with Gasteiger partial charge >= 0.3 is 0 Å². The number of hydrogen-bond acceptors (Lipinski definition) is 3. The number of aliphatic hydroxyl groups is 1. The van der Waals surface area contributed by atoms with E-state index >= 15 is 0 Å². The number of likely N-dealkylation sites (N-methyl/N-ethyl adjacent to an activating group) is 1. The van der Waals surface area contributed by atoms with Gasteiger partial charge in [0.25, 0.3) is 0 Å². The van der Waals surface area contributed by atoms with Crippen molar-refractivity contribution in [2.24, 2.45) is 5.41 Å². The van der Waals surface area contributed by atoms with Gasteiger partial charge in [-0.05, 0) is 35.4 Å². The SMILES string of the molecule is CN1CCc2cc(CNC(CCO)C(C)(C)C)ccc21. The summed E-state index contributed by atoms with van der Waals surface area (Å²) in [5, 5.41) is 12.8. The predicted molar refractivity (Wildman–Crippen MR) is 85.2 cm³/mol. The van der Waals surface area contributed by atoms with Gasteiger partial charge in [0.05, 0.1) is 0 Å². The molecule has 1 aromatic rings. The fraction of sp³-hybridized carbons (Fsp3) is 0.647. The molecule has 1 heterocycles. The van der Waals surface area contributed by atoms with Crippen molar-refractivity contribution in [3.05, 3.63) is 29.3 Å². The van der Waals surface area contributed by atoms with E-state index < -0.39 is 0 Å². The van der Waals surface area contributed by atoms with E-state index in [4.69, 9.17) is 0 Å². The minimum absolute atomic E-state index is 0.166. The molecule has 0 radical (unpaired) electrons. The Morgan fingerprint density at radius 2 is 2.10 bits per heavy atom. The van der Waals surface area contributed by atoms with Crippen molar-refractivity contribution in [2.45, 2.75) is 46.2 Å². The summed E-state index contributed by atoms with van der Waals surface area (Å²) in [4.78, 5) is 2.32. The van der Waals surface area contributed by atoms with Gasteiger partial charge in [-0.15, -0.1) is 0 Å². The predicted octanol–water partition coefficient (Wildman–Crippen LogP) is 2.57. The third-order valence-corrected chi connectivity index (χ3v) is 4.29. The van der Waals surface area contributed by atoms with Gasteiger partial charge in [-0.1, -0.05) is 32.9 Å². The highest BCUT2D eigenvalue weighted by Crippen LogP contribution is 2.28. The van der Waals surface area contributed by atoms with E-state index in [2.05, 4.69) is 56.2 Å². The summed E-state index contributed by atoms with van der Waals surface area (Å²) >= 11 is 0. The molecule has 112 valence electrons. The molecule has 2 rings (SSSR count). The molecule has 0 spiro atoms. The quantitative estimate of drug-likeness (QED) is 0.867. The lowest BCUT2D eigenvalue weighted by Gasteiger charge is -2.31. The van der Waals surface area contributed by atoms with Crippen molar-refractivity contribution in [3.63, 3.8) is 0 Å². The maximum absolute atomic E-state index is 9.21. The van der Waals surface area contributed by atoms with Crippen molar-refractivity contribution >= 4 is 5.69 Å². The van der Waals surface area contributed by atoms with Crippen molar-refractivity contribution in [1.82, 2.24) is 5.32 Å². The molecular formula is C17H28N2O. The third-order valence-electron chi connectivity index (χ3n) is 4.29. The summed E-state index contributed by atoms with van der Waals surface area (Å²) in [7, 11) is 2.15. The molecular weight excluding hydrogens is 248 g/mol. The number of nitrogens with zero attached hydrogens (tertiary/aromatic N) is 1. The van der Waals surface area contributed by atoms with Crippen molar-refractivity contribution < 1.29 is 5.11 Å². The molecule has 0 saturated heterocycles. The number of rotatable bonds is 5. The van der Waals surface area contributed by atoms with Crippen LogP contribution in [0.5, 0.6) is 0 Å². The van der Waals surface area contributed by atoms with E-state index in [1.165, 1.54) is 16.8 Å². The lowest BCUT2D eigenvalue weighted by Crippen LogP contribution is -2.40. The summed E-state index contributed by atoms with van der Waals surface area (Å²) < 4.78 is 0. The Labute approximate surface area is 123 Å². The molecule has 0 amide bonds. The number of hydrogen-bond donors (Lipinski definition) is 2. The second kappa shape index (κ2) is 6.15. The van der Waals surface area contributed by atoms with Crippen molar-refractivity contribution in [1.29, 1.82) is 0 Å². The van der Waals surface area contributed by atoms with Crippen molar-refractivity contribution in [3.8, 4) is 0 Å². The largest absolute Gasteiger partial charge is 0.396 e. The van der Waals surface area contributed by atoms with Gasteiger partial charge in [0.15, 0.2) is 0 Å². The smallest absolute Gasteiger partial charge is 0.0446 e. The minimum Gasteiger partial charge on any atom is -0.396 e. The van der Waals surface area contributed by atoms with Gasteiger partial charge in [-0.25, -0.2) is 0 Å². The van der Waals surface area contributed by atoms with Crippen LogP contribution in [0, 0.1) is 5.41 Å². The molecule has 1 unspecified atom stereocenters. The zero-order valence-electron chi connectivity index (χ0n) is 13.2. The number of aliphatic hydroxyl groups excluding tert-OH is 1. The van der Waals surface area contributed by atoms with Crippen LogP contribution in [0.3, 0.4) is 0 Å². The molecule has 2 N–H and O–H groups in total. The zero-order valence-corrected chi connectivity index (χ0v) is 13.2. The Kier molecular flexibility index (Phi) is 4.71. The summed E-state index contributed by atoms with van der Waals surface area (Å²) in [5.41, 5.74) is 4.34. The molecule has 1 atom stereocenters. The Bertz CT molecular complexity index is 451. The first-order valence-electron chi connectivity index (χ1n) is 7.59. The van der Waals surface area contributed by atoms with Gasteiger partial charge in [-0.2, -0.15) is 0 Å². The fourth-order valence-electron chi connectivity index (χ4n) is 2.94. The number of benzene rings is 1. The van der Waals surface area contributed by atoms with Crippen LogP contribution in [-0.4, -0.2) is 31.3 Å². The summed E-state index contributed by atoms with van der Waals surface area (Å²) in [6, 6.07) is 7.11. The van der Waals surface area contributed by atoms with E-state index in [0.717, 1.165) is 25.9 Å². The van der Waals surface area contributed by atoms with Crippen LogP contribution < -0.4 is 10.2 Å². The highest BCUT2D eigenvalue weighted by Gasteiger charge is 2.23. The molecule has 1 aliphatic heterocycles. The molecule has 3 nitrogen and oxygen atoms in total. The van der Waals surface area contributed by atoms with Gasteiger partial charge in [0.2, 0.25) is 0 Å². The summed E-state index contributed by atoms with van der Waals surface area (Å²) in [6.45, 7) is 8.90. The second-order valence-corrected chi connectivity index (χ2v) is 6.95. The number of fused-ring (bicyclic) bond motifs is 1. The van der Waals surface area contributed by atoms with Crippen LogP contribution in [0.15, 0.2) is 18.2 Å². The molecule has 0 aromatic heterocycles. The molecule has 0 saturated carbocycles. The molecule has 0 bridgehead atoms. The highest BCUT2D eigenvalue weighted by molar-refractivity contribution is 5.58. The van der Waals surface area contributed by atoms with E-state index in [1.807, 2.05) is 0 Å². The van der Waals surface area contributed by atoms with Crippen LogP contribution in [0.1, 0.15) is 38.3 Å². The lowest BCUT2D eigenvalue weighted by atomic mass is 9.85. The van der Waals surface area contributed by atoms with E-state index in [-0.39, 0.29) is 12.0 Å². The first-order valence-corrected chi connectivity index (χ1v) is 7.59. The second-order valence-electron chi connectivity index (χ2n) is 6.95. The van der Waals surface area contributed by atoms with Crippen LogP contribution in [0.4, 0.5) is 5.69 Å². The monoisotopic (exact) mass is 276 g/mol. The highest BCUT2D eigenvalue weighted by atomic mass is 16.3. The summed E-state index contributed by atoms with van der Waals surface area (Å²) in [5.74, 6) is 0. The summed E-state index contributed by atoms with van der Waals surface area (Å²) in [6.07, 6.45) is 1.95. The molecule has 20 heavy (non-hydrogen) atoms. The minimum atomic E-state index is 0.166. The molecule has 0 aliphatic carbocycles. The molecule has 0 fully saturated rings. The Morgan fingerprint density at radius 1 is 1.35 bits per heavy atom. The molecule has 1 aromatic carbocycles. The van der Waals surface area contributed by atoms with Crippen LogP contribution in [-0.2, 0) is 13.0 Å². The normalized spacial score (nSPS) is 16.4. The number of nitrogens with one attached hydrogen (secondary N) is 1. The Hall–Kier alpha value is -1.06. The van der Waals surface area contributed by atoms with E-state index in [9.17, 15) is 5.11 Å². The van der Waals surface area contributed by atoms with Gasteiger partial charge in [0.1, 0.15) is 0 Å². The number of anilines is 1. The van der Waals surface area contributed by atoms with Crippen LogP contribution in [0.2, 0.25) is 0 Å². The standard InChI is InChI=1S/C17H28N2O/c1-17(2,3)16(8-10-20)18-12-13-5-6-15-14(11-13)7-9-19(15)4/h5-6,11,16,18,20H,7-10,12H2,1-4H3. The molecule has 3 heteroatoms. The van der Waals surface area contributed by atoms with Gasteiger partial charge < -0.3 is 15.3 Å². The molecule has 1 aliphatic rings.